The molecular formula is C19H30IN5OS2. The number of thiophene rings is 1. The van der Waals surface area contributed by atoms with Crippen LogP contribution in [0.3, 0.4) is 0 Å². The lowest BCUT2D eigenvalue weighted by molar-refractivity contribution is -0.0334. The predicted molar refractivity (Wildman–Crippen MR) is 129 cm³/mol. The summed E-state index contributed by atoms with van der Waals surface area (Å²) in [6.45, 7) is 11.3. The van der Waals surface area contributed by atoms with Crippen molar-refractivity contribution in [2.24, 2.45) is 4.99 Å². The zero-order chi connectivity index (χ0) is 19.1. The van der Waals surface area contributed by atoms with Gasteiger partial charge in [-0.1, -0.05) is 6.07 Å². The van der Waals surface area contributed by atoms with Crippen LogP contribution in [0.25, 0.3) is 0 Å². The molecule has 0 radical (unpaired) electrons. The summed E-state index contributed by atoms with van der Waals surface area (Å²) in [6, 6.07) is 4.67. The van der Waals surface area contributed by atoms with Crippen LogP contribution in [0.15, 0.2) is 28.7 Å². The Morgan fingerprint density at radius 1 is 1.46 bits per heavy atom. The smallest absolute Gasteiger partial charge is 0.191 e. The summed E-state index contributed by atoms with van der Waals surface area (Å²) < 4.78 is 5.73. The van der Waals surface area contributed by atoms with Gasteiger partial charge in [0, 0.05) is 42.1 Å². The Balaban J connectivity index is 0.00000280. The number of nitrogens with zero attached hydrogens (tertiary/aromatic N) is 3. The molecule has 0 aliphatic carbocycles. The number of aromatic nitrogens is 1. The topological polar surface area (TPSA) is 61.8 Å². The van der Waals surface area contributed by atoms with Crippen LogP contribution in [0.2, 0.25) is 0 Å². The summed E-state index contributed by atoms with van der Waals surface area (Å²) in [5, 5.41) is 10.1. The van der Waals surface area contributed by atoms with Crippen molar-refractivity contribution >= 4 is 52.6 Å². The highest BCUT2D eigenvalue weighted by Crippen LogP contribution is 2.26. The lowest BCUT2D eigenvalue weighted by Crippen LogP contribution is -2.48. The fourth-order valence-corrected chi connectivity index (χ4v) is 4.75. The molecule has 6 nitrogen and oxygen atoms in total. The van der Waals surface area contributed by atoms with Crippen LogP contribution in [-0.4, -0.2) is 54.7 Å². The van der Waals surface area contributed by atoms with Crippen molar-refractivity contribution in [1.29, 1.82) is 0 Å². The van der Waals surface area contributed by atoms with E-state index in [2.05, 4.69) is 58.8 Å². The highest BCUT2D eigenvalue weighted by atomic mass is 127. The van der Waals surface area contributed by atoms with E-state index in [1.54, 1.807) is 11.3 Å². The van der Waals surface area contributed by atoms with Crippen LogP contribution in [0, 0.1) is 6.92 Å². The van der Waals surface area contributed by atoms with E-state index in [0.29, 0.717) is 12.6 Å². The molecule has 3 rings (SSSR count). The van der Waals surface area contributed by atoms with Gasteiger partial charge < -0.3 is 15.4 Å². The van der Waals surface area contributed by atoms with E-state index in [9.17, 15) is 0 Å². The van der Waals surface area contributed by atoms with E-state index >= 15 is 0 Å². The van der Waals surface area contributed by atoms with Gasteiger partial charge in [-0.05, 0) is 32.2 Å². The molecule has 2 N–H and O–H groups in total. The van der Waals surface area contributed by atoms with E-state index in [1.165, 1.54) is 9.75 Å². The predicted octanol–water partition coefficient (Wildman–Crippen LogP) is 3.65. The van der Waals surface area contributed by atoms with Gasteiger partial charge in [0.15, 0.2) is 5.96 Å². The number of aliphatic imine (C=N–C) groups is 1. The number of ether oxygens (including phenoxy) is 1. The van der Waals surface area contributed by atoms with E-state index in [1.807, 2.05) is 17.5 Å². The van der Waals surface area contributed by atoms with E-state index in [0.717, 1.165) is 43.8 Å². The molecule has 1 fully saturated rings. The van der Waals surface area contributed by atoms with Crippen LogP contribution < -0.4 is 10.6 Å². The molecule has 2 aromatic heterocycles. The second-order valence-corrected chi connectivity index (χ2v) is 8.95. The van der Waals surface area contributed by atoms with Gasteiger partial charge in [0.2, 0.25) is 0 Å². The maximum atomic E-state index is 5.73. The molecule has 1 saturated heterocycles. The maximum absolute atomic E-state index is 5.73. The molecule has 28 heavy (non-hydrogen) atoms. The molecule has 0 saturated carbocycles. The molecule has 3 heterocycles. The number of thiazole rings is 1. The highest BCUT2D eigenvalue weighted by Gasteiger charge is 2.26. The quantitative estimate of drug-likeness (QED) is 0.322. The molecule has 0 bridgehead atoms. The number of halogens is 1. The minimum Gasteiger partial charge on any atom is -0.376 e. The summed E-state index contributed by atoms with van der Waals surface area (Å²) >= 11 is 3.51. The summed E-state index contributed by atoms with van der Waals surface area (Å²) in [4.78, 5) is 14.2. The zero-order valence-corrected chi connectivity index (χ0v) is 20.6. The minimum absolute atomic E-state index is 0. The Morgan fingerprint density at radius 2 is 2.32 bits per heavy atom. The Hall–Kier alpha value is -0.750. The average molecular weight is 536 g/mol. The first kappa shape index (κ1) is 23.5. The highest BCUT2D eigenvalue weighted by molar-refractivity contribution is 14.0. The van der Waals surface area contributed by atoms with Crippen LogP contribution in [0.1, 0.15) is 34.7 Å². The van der Waals surface area contributed by atoms with Crippen molar-refractivity contribution in [3.05, 3.63) is 38.5 Å². The van der Waals surface area contributed by atoms with Crippen LogP contribution in [0.4, 0.5) is 0 Å². The lowest BCUT2D eigenvalue weighted by Gasteiger charge is -2.37. The zero-order valence-electron chi connectivity index (χ0n) is 16.7. The number of morpholine rings is 1. The van der Waals surface area contributed by atoms with Crippen molar-refractivity contribution < 1.29 is 4.74 Å². The molecule has 1 aliphatic rings. The normalized spacial score (nSPS) is 19.1. The molecule has 9 heteroatoms. The third kappa shape index (κ3) is 6.94. The van der Waals surface area contributed by atoms with E-state index in [-0.39, 0.29) is 30.1 Å². The molecule has 0 amide bonds. The first-order valence-corrected chi connectivity index (χ1v) is 11.2. The molecule has 0 aromatic carbocycles. The number of guanidine groups is 1. The van der Waals surface area contributed by atoms with Crippen molar-refractivity contribution in [3.63, 3.8) is 0 Å². The number of aryl methyl sites for hydroxylation is 1. The molecule has 1 aliphatic heterocycles. The summed E-state index contributed by atoms with van der Waals surface area (Å²) in [5.74, 6) is 0.841. The third-order valence-electron chi connectivity index (χ3n) is 4.43. The van der Waals surface area contributed by atoms with Gasteiger partial charge in [0.25, 0.3) is 0 Å². The molecule has 0 spiro atoms. The van der Waals surface area contributed by atoms with Crippen molar-refractivity contribution in [2.45, 2.75) is 39.5 Å². The second kappa shape index (κ2) is 12.1. The number of hydrogen-bond donors (Lipinski definition) is 2. The SMILES string of the molecule is CCNC(=NCc1ncc(C)s1)NCC(c1cccs1)N1CCOC(C)C1.I. The summed E-state index contributed by atoms with van der Waals surface area (Å²) in [7, 11) is 0. The Morgan fingerprint density at radius 3 is 2.96 bits per heavy atom. The standard InChI is InChI=1S/C19H29N5OS2.HI/c1-4-20-19(23-12-18-21-10-15(3)27-18)22-11-16(17-6-5-9-26-17)24-7-8-25-14(2)13-24;/h5-6,9-10,14,16H,4,7-8,11-13H2,1-3H3,(H2,20,22,23);1H. The number of rotatable bonds is 7. The van der Waals surface area contributed by atoms with Crippen molar-refractivity contribution in [2.75, 3.05) is 32.8 Å². The van der Waals surface area contributed by atoms with Gasteiger partial charge >= 0.3 is 0 Å². The Kier molecular flexibility index (Phi) is 10.1. The van der Waals surface area contributed by atoms with E-state index < -0.39 is 0 Å². The van der Waals surface area contributed by atoms with Gasteiger partial charge in [-0.25, -0.2) is 9.98 Å². The molecule has 2 atom stereocenters. The van der Waals surface area contributed by atoms with E-state index in [4.69, 9.17) is 9.73 Å². The van der Waals surface area contributed by atoms with Gasteiger partial charge in [-0.3, -0.25) is 4.90 Å². The Labute approximate surface area is 192 Å². The molecular weight excluding hydrogens is 505 g/mol. The fourth-order valence-electron chi connectivity index (χ4n) is 3.18. The molecule has 2 unspecified atom stereocenters. The fraction of sp³-hybridized carbons (Fsp3) is 0.579. The summed E-state index contributed by atoms with van der Waals surface area (Å²) in [6.07, 6.45) is 2.18. The largest absolute Gasteiger partial charge is 0.376 e. The maximum Gasteiger partial charge on any atom is 0.191 e. The minimum atomic E-state index is 0. The van der Waals surface area contributed by atoms with Gasteiger partial charge in [0.1, 0.15) is 5.01 Å². The van der Waals surface area contributed by atoms with Crippen molar-refractivity contribution in [3.8, 4) is 0 Å². The van der Waals surface area contributed by atoms with Crippen LogP contribution >= 0.6 is 46.7 Å². The Bertz CT molecular complexity index is 722. The van der Waals surface area contributed by atoms with Crippen molar-refractivity contribution in [1.82, 2.24) is 20.5 Å². The van der Waals surface area contributed by atoms with Gasteiger partial charge in [0.05, 0.1) is 25.3 Å². The lowest BCUT2D eigenvalue weighted by atomic mass is 10.1. The second-order valence-electron chi connectivity index (χ2n) is 6.65. The molecule has 2 aromatic rings. The third-order valence-corrected chi connectivity index (χ3v) is 6.30. The van der Waals surface area contributed by atoms with Crippen LogP contribution in [0.5, 0.6) is 0 Å². The average Bonchev–Trinajstić information content (AvgIpc) is 3.32. The van der Waals surface area contributed by atoms with Gasteiger partial charge in [-0.2, -0.15) is 0 Å². The van der Waals surface area contributed by atoms with Crippen LogP contribution in [-0.2, 0) is 11.3 Å². The number of hydrogen-bond acceptors (Lipinski definition) is 6. The first-order chi connectivity index (χ1) is 13.2. The summed E-state index contributed by atoms with van der Waals surface area (Å²) in [5.41, 5.74) is 0. The first-order valence-electron chi connectivity index (χ1n) is 9.48. The number of nitrogens with one attached hydrogen (secondary N) is 2. The van der Waals surface area contributed by atoms with Gasteiger partial charge in [-0.15, -0.1) is 46.7 Å². The molecule has 156 valence electrons. The monoisotopic (exact) mass is 535 g/mol.